The summed E-state index contributed by atoms with van der Waals surface area (Å²) in [4.78, 5) is 0. The SMILES string of the molecule is C[C@@H]1CC[C@@H]2[C@@H](C1)OC[S+](Cc1ccc(C#N)cc1)C2(C)C.O=S(=O)([O-])C(F)(F)F. The number of fused-ring (bicyclic) bond motifs is 1. The maximum Gasteiger partial charge on any atom is 0.485 e. The summed E-state index contributed by atoms with van der Waals surface area (Å²) in [6.07, 6.45) is 4.38. The molecular formula is C20H26F3NO4S2. The summed E-state index contributed by atoms with van der Waals surface area (Å²) in [5.74, 6) is 3.51. The lowest BCUT2D eigenvalue weighted by atomic mass is 9.75. The number of benzene rings is 1. The quantitative estimate of drug-likeness (QED) is 0.369. The van der Waals surface area contributed by atoms with E-state index < -0.39 is 15.6 Å². The van der Waals surface area contributed by atoms with Crippen LogP contribution in [0.2, 0.25) is 0 Å². The molecule has 1 heterocycles. The van der Waals surface area contributed by atoms with Crippen molar-refractivity contribution in [2.45, 2.75) is 62.1 Å². The number of nitrogens with zero attached hydrogens (tertiary/aromatic N) is 1. The van der Waals surface area contributed by atoms with Gasteiger partial charge in [0.05, 0.1) is 17.7 Å². The first-order chi connectivity index (χ1) is 13.8. The van der Waals surface area contributed by atoms with Crippen LogP contribution >= 0.6 is 0 Å². The third-order valence-electron chi connectivity index (χ3n) is 5.82. The monoisotopic (exact) mass is 465 g/mol. The summed E-state index contributed by atoms with van der Waals surface area (Å²) in [5, 5.41) is 8.92. The zero-order chi connectivity index (χ0) is 22.7. The molecule has 0 spiro atoms. The highest BCUT2D eigenvalue weighted by atomic mass is 32.2. The van der Waals surface area contributed by atoms with Gasteiger partial charge in [0.1, 0.15) is 10.5 Å². The average Bonchev–Trinajstić information content (AvgIpc) is 2.63. The average molecular weight is 466 g/mol. The van der Waals surface area contributed by atoms with Crippen molar-refractivity contribution in [2.75, 3.05) is 5.94 Å². The summed E-state index contributed by atoms with van der Waals surface area (Å²) in [6.45, 7) is 7.27. The van der Waals surface area contributed by atoms with Gasteiger partial charge in [-0.25, -0.2) is 8.42 Å². The second-order valence-corrected chi connectivity index (χ2v) is 12.2. The number of ether oxygens (including phenoxy) is 1. The van der Waals surface area contributed by atoms with Crippen molar-refractivity contribution in [3.63, 3.8) is 0 Å². The van der Waals surface area contributed by atoms with E-state index in [1.807, 2.05) is 12.1 Å². The van der Waals surface area contributed by atoms with Crippen molar-refractivity contribution in [1.29, 1.82) is 5.26 Å². The van der Waals surface area contributed by atoms with Gasteiger partial charge in [-0.1, -0.05) is 25.5 Å². The molecule has 0 radical (unpaired) electrons. The molecule has 0 amide bonds. The second-order valence-electron chi connectivity index (χ2n) is 8.30. The van der Waals surface area contributed by atoms with Crippen LogP contribution in [-0.2, 0) is 31.5 Å². The van der Waals surface area contributed by atoms with Gasteiger partial charge in [0.25, 0.3) is 0 Å². The van der Waals surface area contributed by atoms with Crippen LogP contribution in [0.5, 0.6) is 0 Å². The highest BCUT2D eigenvalue weighted by molar-refractivity contribution is 7.97. The lowest BCUT2D eigenvalue weighted by Crippen LogP contribution is -2.55. The van der Waals surface area contributed by atoms with Gasteiger partial charge in [-0.05, 0) is 44.7 Å². The van der Waals surface area contributed by atoms with E-state index in [1.165, 1.54) is 24.8 Å². The minimum absolute atomic E-state index is 0.251. The van der Waals surface area contributed by atoms with E-state index in [2.05, 4.69) is 39.0 Å². The molecule has 2 aliphatic rings. The van der Waals surface area contributed by atoms with Gasteiger partial charge in [-0.2, -0.15) is 18.4 Å². The molecule has 0 aromatic heterocycles. The topological polar surface area (TPSA) is 90.2 Å². The molecule has 1 saturated carbocycles. The molecule has 1 unspecified atom stereocenters. The van der Waals surface area contributed by atoms with E-state index in [0.29, 0.717) is 16.8 Å². The van der Waals surface area contributed by atoms with Crippen molar-refractivity contribution in [1.82, 2.24) is 0 Å². The van der Waals surface area contributed by atoms with Crippen LogP contribution in [0.1, 0.15) is 51.2 Å². The van der Waals surface area contributed by atoms with E-state index in [9.17, 15) is 13.2 Å². The van der Waals surface area contributed by atoms with E-state index in [0.717, 1.165) is 23.2 Å². The second kappa shape index (κ2) is 9.47. The molecule has 0 bridgehead atoms. The Kier molecular flexibility index (Phi) is 7.89. The molecule has 0 N–H and O–H groups in total. The van der Waals surface area contributed by atoms with Crippen molar-refractivity contribution >= 4 is 21.0 Å². The van der Waals surface area contributed by atoms with Gasteiger partial charge in [0.15, 0.2) is 10.1 Å². The zero-order valence-electron chi connectivity index (χ0n) is 17.1. The van der Waals surface area contributed by atoms with E-state index >= 15 is 0 Å². The summed E-state index contributed by atoms with van der Waals surface area (Å²) < 4.78 is 65.5. The Morgan fingerprint density at radius 1 is 1.27 bits per heavy atom. The van der Waals surface area contributed by atoms with Gasteiger partial charge in [-0.15, -0.1) is 0 Å². The van der Waals surface area contributed by atoms with E-state index in [1.54, 1.807) is 0 Å². The number of halogens is 3. The summed E-state index contributed by atoms with van der Waals surface area (Å²) in [6, 6.07) is 10.3. The fourth-order valence-electron chi connectivity index (χ4n) is 3.95. The van der Waals surface area contributed by atoms with E-state index in [-0.39, 0.29) is 10.9 Å². The molecular weight excluding hydrogens is 439 g/mol. The fraction of sp³-hybridized carbons (Fsp3) is 0.650. The molecule has 1 aliphatic heterocycles. The number of alkyl halides is 3. The van der Waals surface area contributed by atoms with Gasteiger partial charge >= 0.3 is 5.51 Å². The number of nitriles is 1. The van der Waals surface area contributed by atoms with E-state index in [4.69, 9.17) is 23.0 Å². The molecule has 168 valence electrons. The molecule has 3 rings (SSSR count). The van der Waals surface area contributed by atoms with Gasteiger partial charge < -0.3 is 9.29 Å². The maximum atomic E-state index is 10.7. The molecule has 4 atom stereocenters. The standard InChI is InChI=1S/C19H26NOS.CHF3O3S/c1-14-4-9-17-18(10-14)21-13-22(19(17,2)3)12-16-7-5-15(11-20)6-8-16;2-1(3,4)8(5,6)7/h5-8,14,17-18H,4,9-10,12-13H2,1-3H3;(H,5,6,7)/q+1;/p-1/t14-,17-,18-,22?;/m1./s1. The molecule has 10 heteroatoms. The van der Waals surface area contributed by atoms with Gasteiger partial charge in [0.2, 0.25) is 5.94 Å². The summed E-state index contributed by atoms with van der Waals surface area (Å²) >= 11 is 0. The molecule has 1 saturated heterocycles. The van der Waals surface area contributed by atoms with Crippen molar-refractivity contribution < 1.29 is 30.9 Å². The number of rotatable bonds is 2. The minimum atomic E-state index is -6.09. The Morgan fingerprint density at radius 3 is 2.33 bits per heavy atom. The third kappa shape index (κ3) is 6.13. The molecule has 1 aliphatic carbocycles. The Balaban J connectivity index is 0.000000343. The first-order valence-corrected chi connectivity index (χ1v) is 12.5. The van der Waals surface area contributed by atoms with Gasteiger partial charge in [0, 0.05) is 22.4 Å². The van der Waals surface area contributed by atoms with Gasteiger partial charge in [-0.3, -0.25) is 0 Å². The molecule has 1 aromatic rings. The number of hydrogen-bond acceptors (Lipinski definition) is 5. The Hall–Kier alpha value is -1.28. The zero-order valence-corrected chi connectivity index (χ0v) is 18.7. The fourth-order valence-corrected chi connectivity index (χ4v) is 6.34. The molecule has 2 fully saturated rings. The smallest absolute Gasteiger partial charge is 0.485 e. The first-order valence-electron chi connectivity index (χ1n) is 9.56. The van der Waals surface area contributed by atoms with Crippen LogP contribution in [0.25, 0.3) is 0 Å². The lowest BCUT2D eigenvalue weighted by molar-refractivity contribution is -0.0517. The van der Waals surface area contributed by atoms with Crippen LogP contribution in [0.15, 0.2) is 24.3 Å². The van der Waals surface area contributed by atoms with Crippen LogP contribution in [0, 0.1) is 23.2 Å². The normalized spacial score (nSPS) is 28.5. The summed E-state index contributed by atoms with van der Waals surface area (Å²) in [5.41, 5.74) is -3.57. The minimum Gasteiger partial charge on any atom is -0.741 e. The van der Waals surface area contributed by atoms with Crippen LogP contribution in [0.3, 0.4) is 0 Å². The van der Waals surface area contributed by atoms with Crippen LogP contribution < -0.4 is 0 Å². The maximum absolute atomic E-state index is 10.7. The third-order valence-corrected chi connectivity index (χ3v) is 9.28. The Labute approximate surface area is 178 Å². The number of hydrogen-bond donors (Lipinski definition) is 0. The van der Waals surface area contributed by atoms with Crippen molar-refractivity contribution in [3.05, 3.63) is 35.4 Å². The summed E-state index contributed by atoms with van der Waals surface area (Å²) in [7, 11) is -5.84. The molecule has 30 heavy (non-hydrogen) atoms. The predicted molar refractivity (Wildman–Crippen MR) is 108 cm³/mol. The highest BCUT2D eigenvalue weighted by Gasteiger charge is 2.54. The Bertz CT molecular complexity index is 864. The first kappa shape index (κ1) is 25.0. The van der Waals surface area contributed by atoms with Crippen LogP contribution in [-0.4, -0.2) is 35.3 Å². The van der Waals surface area contributed by atoms with Crippen molar-refractivity contribution in [2.24, 2.45) is 11.8 Å². The van der Waals surface area contributed by atoms with Crippen molar-refractivity contribution in [3.8, 4) is 6.07 Å². The lowest BCUT2D eigenvalue weighted by Gasteiger charge is -2.46. The highest BCUT2D eigenvalue weighted by Crippen LogP contribution is 2.46. The molecule has 1 aromatic carbocycles. The molecule has 5 nitrogen and oxygen atoms in total. The largest absolute Gasteiger partial charge is 0.741 e. The predicted octanol–water partition coefficient (Wildman–Crippen LogP) is 4.30. The van der Waals surface area contributed by atoms with Crippen LogP contribution in [0.4, 0.5) is 13.2 Å². The Morgan fingerprint density at radius 2 is 1.83 bits per heavy atom.